The summed E-state index contributed by atoms with van der Waals surface area (Å²) in [6.07, 6.45) is 0. The van der Waals surface area contributed by atoms with Crippen LogP contribution in [0.5, 0.6) is 0 Å². The maximum absolute atomic E-state index is 11.2. The smallest absolute Gasteiger partial charge is 0.345 e. The van der Waals surface area contributed by atoms with Crippen LogP contribution in [0.25, 0.3) is 0 Å². The predicted octanol–water partition coefficient (Wildman–Crippen LogP) is -0.783. The Morgan fingerprint density at radius 3 is 2.38 bits per heavy atom. The van der Waals surface area contributed by atoms with E-state index in [0.717, 1.165) is 6.92 Å². The molecule has 5 heteroatoms. The molecular formula is C8H15NO4. The lowest BCUT2D eigenvalue weighted by atomic mass is 9.96. The van der Waals surface area contributed by atoms with Crippen LogP contribution in [-0.4, -0.2) is 35.1 Å². The molecule has 0 spiro atoms. The van der Waals surface area contributed by atoms with E-state index in [1.807, 2.05) is 0 Å². The molecule has 0 radical (unpaired) electrons. The lowest BCUT2D eigenvalue weighted by Gasteiger charge is -2.20. The van der Waals surface area contributed by atoms with Gasteiger partial charge < -0.3 is 15.6 Å². The molecule has 0 bridgehead atoms. The van der Waals surface area contributed by atoms with Crippen LogP contribution in [0, 0.1) is 0 Å². The second-order valence-electron chi connectivity index (χ2n) is 2.95. The van der Waals surface area contributed by atoms with Crippen LogP contribution >= 0.6 is 0 Å². The second kappa shape index (κ2) is 4.34. The van der Waals surface area contributed by atoms with Crippen molar-refractivity contribution in [1.29, 1.82) is 0 Å². The number of carbonyl (C=O) groups excluding carboxylic acids is 2. The molecule has 0 saturated heterocycles. The molecule has 0 saturated carbocycles. The van der Waals surface area contributed by atoms with Crippen molar-refractivity contribution in [3.63, 3.8) is 0 Å². The van der Waals surface area contributed by atoms with Crippen molar-refractivity contribution in [1.82, 2.24) is 0 Å². The van der Waals surface area contributed by atoms with E-state index in [0.29, 0.717) is 0 Å². The van der Waals surface area contributed by atoms with Gasteiger partial charge in [-0.15, -0.1) is 0 Å². The predicted molar refractivity (Wildman–Crippen MR) is 45.9 cm³/mol. The number of hydrogen-bond donors (Lipinski definition) is 2. The first-order valence-corrected chi connectivity index (χ1v) is 4.03. The van der Waals surface area contributed by atoms with Gasteiger partial charge in [0.25, 0.3) is 0 Å². The van der Waals surface area contributed by atoms with Crippen LogP contribution < -0.4 is 5.73 Å². The number of rotatable bonds is 4. The van der Waals surface area contributed by atoms with Crippen molar-refractivity contribution >= 4 is 11.8 Å². The zero-order valence-electron chi connectivity index (χ0n) is 8.03. The minimum absolute atomic E-state index is 0.112. The molecule has 0 aromatic carbocycles. The summed E-state index contributed by atoms with van der Waals surface area (Å²) in [5, 5.41) is 9.45. The minimum Gasteiger partial charge on any atom is -0.464 e. The van der Waals surface area contributed by atoms with E-state index in [1.54, 1.807) is 6.92 Å². The molecule has 1 unspecified atom stereocenters. The normalized spacial score (nSPS) is 17.3. The summed E-state index contributed by atoms with van der Waals surface area (Å²) < 4.78 is 4.51. The summed E-state index contributed by atoms with van der Waals surface area (Å²) in [5.74, 6) is -1.71. The van der Waals surface area contributed by atoms with Gasteiger partial charge in [0.1, 0.15) is 0 Å². The van der Waals surface area contributed by atoms with Crippen molar-refractivity contribution in [3.05, 3.63) is 0 Å². The highest BCUT2D eigenvalue weighted by molar-refractivity contribution is 6.08. The lowest BCUT2D eigenvalue weighted by molar-refractivity contribution is -0.168. The van der Waals surface area contributed by atoms with Gasteiger partial charge in [0, 0.05) is 0 Å². The summed E-state index contributed by atoms with van der Waals surface area (Å²) in [6, 6.07) is -0.889. The summed E-state index contributed by atoms with van der Waals surface area (Å²) in [5.41, 5.74) is 3.10. The Morgan fingerprint density at radius 1 is 1.62 bits per heavy atom. The van der Waals surface area contributed by atoms with Crippen molar-refractivity contribution < 1.29 is 19.4 Å². The molecule has 3 N–H and O–H groups in total. The monoisotopic (exact) mass is 189 g/mol. The fourth-order valence-corrected chi connectivity index (χ4v) is 0.816. The Morgan fingerprint density at radius 2 is 2.08 bits per heavy atom. The molecule has 0 rings (SSSR count). The van der Waals surface area contributed by atoms with E-state index in [1.165, 1.54) is 6.92 Å². The fourth-order valence-electron chi connectivity index (χ4n) is 0.816. The van der Waals surface area contributed by atoms with Crippen LogP contribution in [0.2, 0.25) is 0 Å². The van der Waals surface area contributed by atoms with Crippen LogP contribution in [0.3, 0.4) is 0 Å². The minimum atomic E-state index is -2.13. The number of esters is 1. The number of carbonyl (C=O) groups is 2. The van der Waals surface area contributed by atoms with Crippen LogP contribution in [0.4, 0.5) is 0 Å². The summed E-state index contributed by atoms with van der Waals surface area (Å²) in [4.78, 5) is 22.3. The average Bonchev–Trinajstić information content (AvgIpc) is 2.03. The SMILES string of the molecule is CCOC(=O)C(C)(O)C(=O)[C@H](C)N. The van der Waals surface area contributed by atoms with Gasteiger partial charge in [0.2, 0.25) is 5.60 Å². The van der Waals surface area contributed by atoms with Gasteiger partial charge >= 0.3 is 5.97 Å². The van der Waals surface area contributed by atoms with Crippen molar-refractivity contribution in [2.45, 2.75) is 32.4 Å². The van der Waals surface area contributed by atoms with Gasteiger partial charge in [-0.05, 0) is 20.8 Å². The number of aliphatic hydroxyl groups is 1. The fraction of sp³-hybridized carbons (Fsp3) is 0.750. The summed E-state index contributed by atoms with van der Waals surface area (Å²) in [6.45, 7) is 4.18. The Balaban J connectivity index is 4.55. The maximum Gasteiger partial charge on any atom is 0.345 e. The first-order valence-electron chi connectivity index (χ1n) is 4.03. The molecule has 0 aromatic heterocycles. The maximum atomic E-state index is 11.2. The number of hydrogen-bond acceptors (Lipinski definition) is 5. The molecule has 76 valence electrons. The summed E-state index contributed by atoms with van der Waals surface area (Å²) >= 11 is 0. The highest BCUT2D eigenvalue weighted by Gasteiger charge is 2.41. The first kappa shape index (κ1) is 12.1. The van der Waals surface area contributed by atoms with E-state index < -0.39 is 23.4 Å². The van der Waals surface area contributed by atoms with Gasteiger partial charge in [0.05, 0.1) is 12.6 Å². The van der Waals surface area contributed by atoms with Gasteiger partial charge in [-0.2, -0.15) is 0 Å². The largest absolute Gasteiger partial charge is 0.464 e. The quantitative estimate of drug-likeness (QED) is 0.447. The molecule has 0 aliphatic carbocycles. The van der Waals surface area contributed by atoms with Gasteiger partial charge in [-0.1, -0.05) is 0 Å². The zero-order chi connectivity index (χ0) is 10.6. The third-order valence-corrected chi connectivity index (χ3v) is 1.57. The standard InChI is InChI=1S/C8H15NO4/c1-4-13-7(11)8(3,12)6(10)5(2)9/h5,12H,4,9H2,1-3H3/t5-,8?/m0/s1. The Kier molecular flexibility index (Phi) is 4.03. The molecule has 0 amide bonds. The number of nitrogens with two attached hydrogens (primary N) is 1. The average molecular weight is 189 g/mol. The summed E-state index contributed by atoms with van der Waals surface area (Å²) in [7, 11) is 0. The molecule has 0 aromatic rings. The Bertz CT molecular complexity index is 210. The van der Waals surface area contributed by atoms with E-state index in [4.69, 9.17) is 5.73 Å². The topological polar surface area (TPSA) is 89.6 Å². The first-order chi connectivity index (χ1) is 5.84. The Hall–Kier alpha value is -0.940. The van der Waals surface area contributed by atoms with E-state index in [2.05, 4.69) is 4.74 Å². The number of ether oxygens (including phenoxy) is 1. The van der Waals surface area contributed by atoms with Gasteiger partial charge in [-0.25, -0.2) is 4.79 Å². The third-order valence-electron chi connectivity index (χ3n) is 1.57. The number of Topliss-reactive ketones (excluding diaryl/α,β-unsaturated/α-hetero) is 1. The molecule has 5 nitrogen and oxygen atoms in total. The number of ketones is 1. The van der Waals surface area contributed by atoms with Gasteiger partial charge in [-0.3, -0.25) is 4.79 Å². The highest BCUT2D eigenvalue weighted by Crippen LogP contribution is 2.09. The second-order valence-corrected chi connectivity index (χ2v) is 2.95. The molecular weight excluding hydrogens is 174 g/mol. The van der Waals surface area contributed by atoms with Crippen LogP contribution in [0.1, 0.15) is 20.8 Å². The highest BCUT2D eigenvalue weighted by atomic mass is 16.5. The van der Waals surface area contributed by atoms with E-state index in [9.17, 15) is 14.7 Å². The third kappa shape index (κ3) is 2.78. The van der Waals surface area contributed by atoms with Crippen LogP contribution in [-0.2, 0) is 14.3 Å². The molecule has 0 aliphatic rings. The molecule has 0 fully saturated rings. The van der Waals surface area contributed by atoms with Crippen molar-refractivity contribution in [3.8, 4) is 0 Å². The molecule has 2 atom stereocenters. The van der Waals surface area contributed by atoms with E-state index in [-0.39, 0.29) is 6.61 Å². The van der Waals surface area contributed by atoms with Gasteiger partial charge in [0.15, 0.2) is 5.78 Å². The molecule has 13 heavy (non-hydrogen) atoms. The molecule has 0 heterocycles. The Labute approximate surface area is 76.9 Å². The zero-order valence-corrected chi connectivity index (χ0v) is 8.03. The van der Waals surface area contributed by atoms with Crippen LogP contribution in [0.15, 0.2) is 0 Å². The van der Waals surface area contributed by atoms with Crippen molar-refractivity contribution in [2.75, 3.05) is 6.61 Å². The molecule has 0 aliphatic heterocycles. The van der Waals surface area contributed by atoms with E-state index >= 15 is 0 Å². The van der Waals surface area contributed by atoms with Crippen molar-refractivity contribution in [2.24, 2.45) is 5.73 Å². The lowest BCUT2D eigenvalue weighted by Crippen LogP contribution is -2.51.